The fourth-order valence-corrected chi connectivity index (χ4v) is 5.13. The molecule has 0 N–H and O–H groups in total. The Bertz CT molecular complexity index is 537. The van der Waals surface area contributed by atoms with Crippen LogP contribution in [-0.4, -0.2) is 96.0 Å². The molecule has 0 spiro atoms. The van der Waals surface area contributed by atoms with Gasteiger partial charge < -0.3 is 47.4 Å². The van der Waals surface area contributed by atoms with Crippen LogP contribution in [-0.2, 0) is 47.4 Å². The van der Waals surface area contributed by atoms with Crippen molar-refractivity contribution < 1.29 is 47.4 Å². The predicted octanol–water partition coefficient (Wildman–Crippen LogP) is 2.86. The van der Waals surface area contributed by atoms with Crippen LogP contribution in [0.4, 0.5) is 0 Å². The molecule has 10 nitrogen and oxygen atoms in total. The molecule has 5 heterocycles. The molecule has 5 rings (SSSR count). The minimum absolute atomic E-state index is 0.227. The van der Waals surface area contributed by atoms with Crippen molar-refractivity contribution in [1.29, 1.82) is 0 Å². The quantitative estimate of drug-likeness (QED) is 0.353. The Labute approximate surface area is 208 Å². The molecule has 35 heavy (non-hydrogen) atoms. The summed E-state index contributed by atoms with van der Waals surface area (Å²) < 4.78 is 60.7. The van der Waals surface area contributed by atoms with Gasteiger partial charge in [-0.3, -0.25) is 0 Å². The SMILES string of the molecule is C1COC(OCC(OC2CCCO2)C(OC2CCCO2)C(COC2CCCO2)OC2CCCO2)C1. The van der Waals surface area contributed by atoms with Crippen LogP contribution in [0.15, 0.2) is 0 Å². The maximum Gasteiger partial charge on any atom is 0.158 e. The molecule has 202 valence electrons. The van der Waals surface area contributed by atoms with Gasteiger partial charge in [0.15, 0.2) is 31.5 Å². The highest BCUT2D eigenvalue weighted by Crippen LogP contribution is 2.28. The molecule has 0 aliphatic carbocycles. The molecule has 5 fully saturated rings. The van der Waals surface area contributed by atoms with Gasteiger partial charge in [0.2, 0.25) is 0 Å². The summed E-state index contributed by atoms with van der Waals surface area (Å²) >= 11 is 0. The topological polar surface area (TPSA) is 92.3 Å². The van der Waals surface area contributed by atoms with Gasteiger partial charge in [0.1, 0.15) is 18.3 Å². The lowest BCUT2D eigenvalue weighted by Gasteiger charge is -2.37. The van der Waals surface area contributed by atoms with Crippen molar-refractivity contribution >= 4 is 0 Å². The normalized spacial score (nSPS) is 36.2. The first-order valence-corrected chi connectivity index (χ1v) is 13.6. The van der Waals surface area contributed by atoms with Crippen LogP contribution in [0.25, 0.3) is 0 Å². The van der Waals surface area contributed by atoms with E-state index in [9.17, 15) is 0 Å². The molecule has 0 aromatic carbocycles. The van der Waals surface area contributed by atoms with Crippen LogP contribution in [0.2, 0.25) is 0 Å². The largest absolute Gasteiger partial charge is 0.353 e. The van der Waals surface area contributed by atoms with E-state index in [0.29, 0.717) is 33.0 Å². The Morgan fingerprint density at radius 3 is 1.14 bits per heavy atom. The molecule has 7 unspecified atom stereocenters. The van der Waals surface area contributed by atoms with Crippen molar-refractivity contribution in [2.75, 3.05) is 46.2 Å². The lowest BCUT2D eigenvalue weighted by molar-refractivity contribution is -0.282. The van der Waals surface area contributed by atoms with Gasteiger partial charge in [-0.05, 0) is 32.1 Å². The third kappa shape index (κ3) is 8.04. The van der Waals surface area contributed by atoms with E-state index in [0.717, 1.165) is 77.4 Å². The van der Waals surface area contributed by atoms with Crippen LogP contribution >= 0.6 is 0 Å². The number of rotatable bonds is 14. The maximum atomic E-state index is 6.56. The molecule has 5 aliphatic heterocycles. The summed E-state index contributed by atoms with van der Waals surface area (Å²) in [6, 6.07) is 0. The van der Waals surface area contributed by atoms with Gasteiger partial charge in [-0.1, -0.05) is 0 Å². The summed E-state index contributed by atoms with van der Waals surface area (Å²) in [5.41, 5.74) is 0. The average Bonchev–Trinajstić information content (AvgIpc) is 3.70. The van der Waals surface area contributed by atoms with Crippen LogP contribution in [0.3, 0.4) is 0 Å². The first-order chi connectivity index (χ1) is 17.3. The third-order valence-corrected chi connectivity index (χ3v) is 7.03. The molecule has 0 aromatic rings. The van der Waals surface area contributed by atoms with Crippen LogP contribution in [0.1, 0.15) is 64.2 Å². The number of hydrogen-bond acceptors (Lipinski definition) is 10. The zero-order valence-corrected chi connectivity index (χ0v) is 20.7. The fraction of sp³-hybridized carbons (Fsp3) is 1.00. The Kier molecular flexibility index (Phi) is 10.4. The van der Waals surface area contributed by atoms with Crippen molar-refractivity contribution in [2.45, 2.75) is 114 Å². The molecule has 5 aliphatic rings. The molecular weight excluding hydrogens is 460 g/mol. The van der Waals surface area contributed by atoms with Crippen molar-refractivity contribution in [3.8, 4) is 0 Å². The van der Waals surface area contributed by atoms with Gasteiger partial charge in [-0.2, -0.15) is 0 Å². The fourth-order valence-electron chi connectivity index (χ4n) is 5.13. The molecule has 0 radical (unpaired) electrons. The molecule has 0 saturated carbocycles. The maximum absolute atomic E-state index is 6.56. The lowest BCUT2D eigenvalue weighted by atomic mass is 10.1. The average molecular weight is 503 g/mol. The second kappa shape index (κ2) is 13.9. The summed E-state index contributed by atoms with van der Waals surface area (Å²) in [5, 5.41) is 0. The van der Waals surface area contributed by atoms with Crippen molar-refractivity contribution in [1.82, 2.24) is 0 Å². The van der Waals surface area contributed by atoms with E-state index < -0.39 is 18.3 Å². The van der Waals surface area contributed by atoms with Gasteiger partial charge in [-0.25, -0.2) is 0 Å². The molecule has 0 amide bonds. The van der Waals surface area contributed by atoms with E-state index in [1.165, 1.54) is 0 Å². The minimum Gasteiger partial charge on any atom is -0.353 e. The summed E-state index contributed by atoms with van der Waals surface area (Å²) in [7, 11) is 0. The highest BCUT2D eigenvalue weighted by molar-refractivity contribution is 4.84. The molecule has 10 heteroatoms. The van der Waals surface area contributed by atoms with Gasteiger partial charge in [0.05, 0.1) is 13.2 Å². The minimum atomic E-state index is -0.505. The van der Waals surface area contributed by atoms with Gasteiger partial charge >= 0.3 is 0 Å². The van der Waals surface area contributed by atoms with Crippen molar-refractivity contribution in [3.63, 3.8) is 0 Å². The lowest BCUT2D eigenvalue weighted by Crippen LogP contribution is -2.51. The second-order valence-corrected chi connectivity index (χ2v) is 9.83. The summed E-state index contributed by atoms with van der Waals surface area (Å²) in [4.78, 5) is 0. The van der Waals surface area contributed by atoms with E-state index in [1.807, 2.05) is 0 Å². The predicted molar refractivity (Wildman–Crippen MR) is 121 cm³/mol. The molecule has 0 aromatic heterocycles. The zero-order chi connectivity index (χ0) is 23.7. The van der Waals surface area contributed by atoms with Crippen LogP contribution < -0.4 is 0 Å². The summed E-state index contributed by atoms with van der Waals surface area (Å²) in [6.45, 7) is 4.11. The van der Waals surface area contributed by atoms with Crippen molar-refractivity contribution in [2.24, 2.45) is 0 Å². The van der Waals surface area contributed by atoms with E-state index in [4.69, 9.17) is 47.4 Å². The van der Waals surface area contributed by atoms with Crippen molar-refractivity contribution in [3.05, 3.63) is 0 Å². The number of hydrogen-bond donors (Lipinski definition) is 0. The standard InChI is InChI=1S/C25H42O10/c1-6-20(26-11-1)31-16-18(33-22-8-3-13-28-22)25(35-24-10-5-15-30-24)19(34-23-9-4-14-29-23)17-32-21-7-2-12-27-21/h18-25H,1-17H2. The van der Waals surface area contributed by atoms with E-state index in [1.54, 1.807) is 0 Å². The monoisotopic (exact) mass is 502 g/mol. The Hall–Kier alpha value is -0.400. The molecule has 0 bridgehead atoms. The Balaban J connectivity index is 1.32. The molecular formula is C25H42O10. The van der Waals surface area contributed by atoms with E-state index >= 15 is 0 Å². The summed E-state index contributed by atoms with van der Waals surface area (Å²) in [5.74, 6) is 0. The summed E-state index contributed by atoms with van der Waals surface area (Å²) in [6.07, 6.45) is 6.38. The van der Waals surface area contributed by atoms with Crippen LogP contribution in [0.5, 0.6) is 0 Å². The van der Waals surface area contributed by atoms with E-state index in [-0.39, 0.29) is 31.5 Å². The zero-order valence-electron chi connectivity index (χ0n) is 20.7. The van der Waals surface area contributed by atoms with Gasteiger partial charge in [-0.15, -0.1) is 0 Å². The Morgan fingerprint density at radius 1 is 0.457 bits per heavy atom. The second-order valence-electron chi connectivity index (χ2n) is 9.83. The highest BCUT2D eigenvalue weighted by atomic mass is 16.8. The first-order valence-electron chi connectivity index (χ1n) is 13.6. The van der Waals surface area contributed by atoms with Gasteiger partial charge in [0.25, 0.3) is 0 Å². The first kappa shape index (κ1) is 26.2. The Morgan fingerprint density at radius 2 is 0.800 bits per heavy atom. The number of ether oxygens (including phenoxy) is 10. The van der Waals surface area contributed by atoms with E-state index in [2.05, 4.69) is 0 Å². The van der Waals surface area contributed by atoms with Crippen LogP contribution in [0, 0.1) is 0 Å². The smallest absolute Gasteiger partial charge is 0.158 e. The molecule has 7 atom stereocenters. The highest BCUT2D eigenvalue weighted by Gasteiger charge is 2.40. The molecule has 5 saturated heterocycles. The van der Waals surface area contributed by atoms with Gasteiger partial charge in [0, 0.05) is 65.1 Å². The third-order valence-electron chi connectivity index (χ3n) is 7.03.